The first kappa shape index (κ1) is 25.0. The number of anilines is 2. The molecule has 5 rings (SSSR count). The fraction of sp³-hybridized carbons (Fsp3) is 0.259. The Kier molecular flexibility index (Phi) is 6.57. The van der Waals surface area contributed by atoms with Crippen molar-refractivity contribution in [1.82, 2.24) is 4.98 Å². The van der Waals surface area contributed by atoms with E-state index in [-0.39, 0.29) is 40.8 Å². The van der Waals surface area contributed by atoms with E-state index in [2.05, 4.69) is 10.2 Å². The molecule has 0 bridgehead atoms. The number of hydrogen-bond donors (Lipinski definition) is 1. The summed E-state index contributed by atoms with van der Waals surface area (Å²) >= 11 is 0. The van der Waals surface area contributed by atoms with E-state index in [0.29, 0.717) is 42.9 Å². The molecule has 11 heteroatoms. The lowest BCUT2D eigenvalue weighted by Crippen LogP contribution is -2.40. The molecule has 0 unspecified atom stereocenters. The first-order valence-electron chi connectivity index (χ1n) is 12.0. The molecule has 10 nitrogen and oxygen atoms in total. The molecular formula is C27H23FN6O4. The maximum absolute atomic E-state index is 14.7. The zero-order valence-electron chi connectivity index (χ0n) is 20.5. The number of halogens is 1. The number of pyridine rings is 1. The minimum absolute atomic E-state index is 0.00173. The van der Waals surface area contributed by atoms with Crippen LogP contribution in [0.2, 0.25) is 0 Å². The minimum atomic E-state index is -1.00. The van der Waals surface area contributed by atoms with E-state index in [1.54, 1.807) is 42.3 Å². The molecule has 0 saturated carbocycles. The predicted molar refractivity (Wildman–Crippen MR) is 138 cm³/mol. The maximum atomic E-state index is 14.7. The van der Waals surface area contributed by atoms with E-state index in [0.717, 1.165) is 11.3 Å². The summed E-state index contributed by atoms with van der Waals surface area (Å²) in [5.74, 6) is -1.40. The van der Waals surface area contributed by atoms with Crippen LogP contribution in [-0.2, 0) is 16.1 Å². The second kappa shape index (κ2) is 9.99. The first-order chi connectivity index (χ1) is 18.3. The highest BCUT2D eigenvalue weighted by Gasteiger charge is 2.29. The Balaban J connectivity index is 1.76. The Bertz CT molecular complexity index is 1510. The van der Waals surface area contributed by atoms with Gasteiger partial charge in [0.15, 0.2) is 5.34 Å². The standard InChI is InChI=1S/C27H23FN6O4/c1-33-22-5-4-15(10-18(22)12-24(33)35)25-20(27(36)38-32-37)13-23(34-8-6-19(30)7-9-34)31-26(25)16-2-3-17(14-29)21(28)11-16/h2-5,10-11,13,19H,6-9,12,30H2,1H3. The third-order valence-electron chi connectivity index (χ3n) is 7.02. The fourth-order valence-corrected chi connectivity index (χ4v) is 4.95. The Hall–Kier alpha value is -4.69. The van der Waals surface area contributed by atoms with Gasteiger partial charge in [0.1, 0.15) is 17.7 Å². The van der Waals surface area contributed by atoms with Crippen LogP contribution in [0.5, 0.6) is 0 Å². The number of carbonyl (C=O) groups is 2. The molecule has 0 aliphatic carbocycles. The summed E-state index contributed by atoms with van der Waals surface area (Å²) < 4.78 is 14.7. The van der Waals surface area contributed by atoms with Crippen LogP contribution < -0.4 is 15.5 Å². The second-order valence-electron chi connectivity index (χ2n) is 9.31. The highest BCUT2D eigenvalue weighted by Crippen LogP contribution is 2.40. The molecule has 192 valence electrons. The number of piperidine rings is 1. The highest BCUT2D eigenvalue weighted by atomic mass is 19.1. The van der Waals surface area contributed by atoms with Crippen molar-refractivity contribution in [3.8, 4) is 28.5 Å². The summed E-state index contributed by atoms with van der Waals surface area (Å²) in [7, 11) is 1.68. The first-order valence-corrected chi connectivity index (χ1v) is 12.0. The Morgan fingerprint density at radius 1 is 1.18 bits per heavy atom. The molecule has 0 spiro atoms. The van der Waals surface area contributed by atoms with E-state index in [1.165, 1.54) is 18.2 Å². The summed E-state index contributed by atoms with van der Waals surface area (Å²) in [6, 6.07) is 12.7. The molecular weight excluding hydrogens is 491 g/mol. The summed E-state index contributed by atoms with van der Waals surface area (Å²) in [5, 5.41) is 11.5. The number of hydrogen-bond acceptors (Lipinski definition) is 9. The average Bonchev–Trinajstić information content (AvgIpc) is 3.20. The van der Waals surface area contributed by atoms with Crippen LogP contribution in [0.15, 0.2) is 47.8 Å². The highest BCUT2D eigenvalue weighted by molar-refractivity contribution is 6.04. The van der Waals surface area contributed by atoms with Gasteiger partial charge in [-0.15, -0.1) is 4.91 Å². The summed E-state index contributed by atoms with van der Waals surface area (Å²) in [6.45, 7) is 1.17. The predicted octanol–water partition coefficient (Wildman–Crippen LogP) is 3.71. The lowest BCUT2D eigenvalue weighted by molar-refractivity contribution is -0.117. The van der Waals surface area contributed by atoms with Crippen molar-refractivity contribution >= 4 is 23.4 Å². The molecule has 3 aromatic rings. The number of carbonyl (C=O) groups excluding carboxylic acids is 2. The van der Waals surface area contributed by atoms with Crippen molar-refractivity contribution in [3.63, 3.8) is 0 Å². The SMILES string of the molecule is CN1C(=O)Cc2cc(-c3c(C(=O)ON=O)cc(N4CCC(N)CC4)nc3-c3ccc(C#N)c(F)c3)ccc21. The molecule has 1 amide bonds. The van der Waals surface area contributed by atoms with Crippen LogP contribution in [0.4, 0.5) is 15.9 Å². The molecule has 1 fully saturated rings. The van der Waals surface area contributed by atoms with Gasteiger partial charge >= 0.3 is 5.97 Å². The zero-order chi connectivity index (χ0) is 27.0. The molecule has 0 atom stereocenters. The zero-order valence-corrected chi connectivity index (χ0v) is 20.5. The molecule has 2 aromatic carbocycles. The number of nitriles is 1. The number of nitrogens with zero attached hydrogens (tertiary/aromatic N) is 5. The van der Waals surface area contributed by atoms with Gasteiger partial charge in [-0.05, 0) is 54.3 Å². The Morgan fingerprint density at radius 2 is 1.92 bits per heavy atom. The van der Waals surface area contributed by atoms with Crippen LogP contribution in [0.1, 0.15) is 34.3 Å². The second-order valence-corrected chi connectivity index (χ2v) is 9.31. The van der Waals surface area contributed by atoms with Gasteiger partial charge in [-0.25, -0.2) is 14.2 Å². The van der Waals surface area contributed by atoms with Crippen LogP contribution >= 0.6 is 0 Å². The minimum Gasteiger partial charge on any atom is -0.356 e. The summed E-state index contributed by atoms with van der Waals surface area (Å²) in [6.07, 6.45) is 1.61. The Labute approximate surface area is 217 Å². The van der Waals surface area contributed by atoms with Gasteiger partial charge in [-0.3, -0.25) is 9.63 Å². The fourth-order valence-electron chi connectivity index (χ4n) is 4.95. The van der Waals surface area contributed by atoms with Gasteiger partial charge < -0.3 is 15.5 Å². The third kappa shape index (κ3) is 4.46. The van der Waals surface area contributed by atoms with Gasteiger partial charge in [-0.2, -0.15) is 5.26 Å². The number of nitrogens with two attached hydrogens (primary N) is 1. The molecule has 2 N–H and O–H groups in total. The largest absolute Gasteiger partial charge is 0.370 e. The topological polar surface area (TPSA) is 142 Å². The molecule has 1 aromatic heterocycles. The van der Waals surface area contributed by atoms with E-state index < -0.39 is 11.8 Å². The van der Waals surface area contributed by atoms with E-state index in [9.17, 15) is 24.1 Å². The average molecular weight is 515 g/mol. The van der Waals surface area contributed by atoms with Crippen LogP contribution in [-0.4, -0.2) is 43.0 Å². The summed E-state index contributed by atoms with van der Waals surface area (Å²) in [5.41, 5.74) is 8.76. The number of likely N-dealkylation sites (N-methyl/N-ethyl adjacent to an activating group) is 1. The number of fused-ring (bicyclic) bond motifs is 1. The number of aromatic nitrogens is 1. The smallest absolute Gasteiger partial charge is 0.356 e. The monoisotopic (exact) mass is 514 g/mol. The summed E-state index contributed by atoms with van der Waals surface area (Å²) in [4.78, 5) is 49.1. The third-order valence-corrected chi connectivity index (χ3v) is 7.02. The normalized spacial score (nSPS) is 15.3. The van der Waals surface area contributed by atoms with Crippen LogP contribution in [0.25, 0.3) is 22.4 Å². The van der Waals surface area contributed by atoms with Crippen molar-refractivity contribution in [3.05, 3.63) is 69.9 Å². The van der Waals surface area contributed by atoms with Crippen molar-refractivity contribution in [2.75, 3.05) is 29.9 Å². The van der Waals surface area contributed by atoms with Crippen LogP contribution in [0.3, 0.4) is 0 Å². The molecule has 38 heavy (non-hydrogen) atoms. The molecule has 3 heterocycles. The molecule has 1 saturated heterocycles. The maximum Gasteiger partial charge on any atom is 0.370 e. The van der Waals surface area contributed by atoms with E-state index in [4.69, 9.17) is 10.7 Å². The van der Waals surface area contributed by atoms with Gasteiger partial charge in [0.2, 0.25) is 5.91 Å². The lowest BCUT2D eigenvalue weighted by atomic mass is 9.92. The van der Waals surface area contributed by atoms with Crippen molar-refractivity contribution in [2.45, 2.75) is 25.3 Å². The van der Waals surface area contributed by atoms with E-state index in [1.807, 2.05) is 4.90 Å². The Morgan fingerprint density at radius 3 is 2.61 bits per heavy atom. The van der Waals surface area contributed by atoms with Gasteiger partial charge in [-0.1, -0.05) is 12.1 Å². The molecule has 0 radical (unpaired) electrons. The van der Waals surface area contributed by atoms with Gasteiger partial charge in [0, 0.05) is 43.0 Å². The van der Waals surface area contributed by atoms with Crippen molar-refractivity contribution in [2.24, 2.45) is 11.1 Å². The van der Waals surface area contributed by atoms with Gasteiger partial charge in [0.25, 0.3) is 0 Å². The van der Waals surface area contributed by atoms with Gasteiger partial charge in [0.05, 0.1) is 23.2 Å². The number of rotatable bonds is 5. The van der Waals surface area contributed by atoms with Crippen LogP contribution in [0, 0.1) is 22.1 Å². The molecule has 2 aliphatic rings. The van der Waals surface area contributed by atoms with Crippen molar-refractivity contribution < 1.29 is 18.8 Å². The van der Waals surface area contributed by atoms with Crippen molar-refractivity contribution in [1.29, 1.82) is 5.26 Å². The quantitative estimate of drug-likeness (QED) is 0.401. The van der Waals surface area contributed by atoms with E-state index >= 15 is 0 Å². The lowest BCUT2D eigenvalue weighted by Gasteiger charge is -2.32. The number of amides is 1. The number of benzene rings is 2. The molecule has 2 aliphatic heterocycles.